The van der Waals surface area contributed by atoms with Crippen molar-refractivity contribution in [3.05, 3.63) is 73.9 Å². The number of hydrogen-bond donors (Lipinski definition) is 3. The monoisotopic (exact) mass is 444 g/mol. The van der Waals surface area contributed by atoms with Gasteiger partial charge in [-0.1, -0.05) is 19.9 Å². The quantitative estimate of drug-likeness (QED) is 0.246. The van der Waals surface area contributed by atoms with Gasteiger partial charge in [-0.15, -0.1) is 0 Å². The minimum absolute atomic E-state index is 0.00729. The van der Waals surface area contributed by atoms with Gasteiger partial charge < -0.3 is 10.2 Å². The molecule has 1 aromatic carbocycles. The standard InChI is InChI=1S/C21H24N4O7/c1-13(9-19(26)27)7-8-21(28)14(2)10-15(12-20(21,3)4)22-23-17-6-5-16(24(29)30)11-18(17)25(31)32/h5-11,23,28H,12H2,1-4H3,(H,26,27)/b8-7+,13-9-,22-15+. The van der Waals surface area contributed by atoms with Gasteiger partial charge in [0.15, 0.2) is 0 Å². The highest BCUT2D eigenvalue weighted by Crippen LogP contribution is 2.44. The third kappa shape index (κ3) is 5.24. The second kappa shape index (κ2) is 9.10. The summed E-state index contributed by atoms with van der Waals surface area (Å²) >= 11 is 0. The molecule has 0 saturated carbocycles. The third-order valence-electron chi connectivity index (χ3n) is 5.29. The SMILES string of the molecule is CC1=C/C(=N\Nc2ccc([N+](=O)[O-])cc2[N+](=O)[O-])CC(C)(C)C1(O)/C=C/C(C)=C\C(=O)O. The van der Waals surface area contributed by atoms with Crippen LogP contribution in [0.2, 0.25) is 0 Å². The zero-order chi connectivity index (χ0) is 24.3. The summed E-state index contributed by atoms with van der Waals surface area (Å²) in [6, 6.07) is 3.20. The summed E-state index contributed by atoms with van der Waals surface area (Å²) in [6.07, 6.45) is 6.03. The van der Waals surface area contributed by atoms with Crippen molar-refractivity contribution < 1.29 is 24.9 Å². The van der Waals surface area contributed by atoms with Crippen LogP contribution in [0.5, 0.6) is 0 Å². The minimum atomic E-state index is -1.38. The Morgan fingerprint density at radius 3 is 2.44 bits per heavy atom. The molecule has 0 heterocycles. The number of allylic oxidation sites excluding steroid dienone is 3. The second-order valence-corrected chi connectivity index (χ2v) is 8.14. The van der Waals surface area contributed by atoms with Crippen LogP contribution < -0.4 is 5.43 Å². The summed E-state index contributed by atoms with van der Waals surface area (Å²) in [5, 5.41) is 46.5. The van der Waals surface area contributed by atoms with E-state index >= 15 is 0 Å². The first-order valence-corrected chi connectivity index (χ1v) is 9.54. The van der Waals surface area contributed by atoms with Crippen molar-refractivity contribution in [3.8, 4) is 0 Å². The molecule has 0 radical (unpaired) electrons. The fourth-order valence-corrected chi connectivity index (χ4v) is 3.47. The molecule has 1 atom stereocenters. The summed E-state index contributed by atoms with van der Waals surface area (Å²) in [5.74, 6) is -1.09. The summed E-state index contributed by atoms with van der Waals surface area (Å²) in [4.78, 5) is 31.5. The molecule has 0 fully saturated rings. The molecule has 11 nitrogen and oxygen atoms in total. The van der Waals surface area contributed by atoms with E-state index in [2.05, 4.69) is 10.5 Å². The number of carbonyl (C=O) groups is 1. The topological polar surface area (TPSA) is 168 Å². The van der Waals surface area contributed by atoms with E-state index < -0.39 is 38.2 Å². The molecule has 11 heteroatoms. The van der Waals surface area contributed by atoms with E-state index in [1.807, 2.05) is 13.8 Å². The number of aliphatic carboxylic acids is 1. The lowest BCUT2D eigenvalue weighted by Gasteiger charge is -2.44. The first kappa shape index (κ1) is 24.4. The number of nitrogens with zero attached hydrogens (tertiary/aromatic N) is 3. The zero-order valence-corrected chi connectivity index (χ0v) is 18.0. The number of hydrazone groups is 1. The van der Waals surface area contributed by atoms with Crippen molar-refractivity contribution in [2.45, 2.75) is 39.7 Å². The van der Waals surface area contributed by atoms with Gasteiger partial charge in [-0.05, 0) is 49.6 Å². The molecule has 170 valence electrons. The summed E-state index contributed by atoms with van der Waals surface area (Å²) in [7, 11) is 0. The van der Waals surface area contributed by atoms with Crippen LogP contribution in [0.15, 0.2) is 58.8 Å². The van der Waals surface area contributed by atoms with Crippen molar-refractivity contribution in [1.29, 1.82) is 0 Å². The fraction of sp³-hybridized carbons (Fsp3) is 0.333. The molecule has 3 N–H and O–H groups in total. The van der Waals surface area contributed by atoms with Gasteiger partial charge in [0.2, 0.25) is 0 Å². The van der Waals surface area contributed by atoms with E-state index in [0.29, 0.717) is 23.3 Å². The maximum absolute atomic E-state index is 11.3. The predicted octanol–water partition coefficient (Wildman–Crippen LogP) is 3.97. The van der Waals surface area contributed by atoms with E-state index in [0.717, 1.165) is 18.2 Å². The van der Waals surface area contributed by atoms with Crippen molar-refractivity contribution in [2.75, 3.05) is 5.43 Å². The Balaban J connectivity index is 2.37. The van der Waals surface area contributed by atoms with Gasteiger partial charge in [-0.3, -0.25) is 25.7 Å². The molecule has 0 saturated heterocycles. The highest BCUT2D eigenvalue weighted by Gasteiger charge is 2.46. The lowest BCUT2D eigenvalue weighted by Crippen LogP contribution is -2.48. The number of carboxylic acids is 1. The Morgan fingerprint density at radius 1 is 1.25 bits per heavy atom. The molecular weight excluding hydrogens is 420 g/mol. The number of nitro benzene ring substituents is 2. The summed E-state index contributed by atoms with van der Waals surface area (Å²) in [6.45, 7) is 6.93. The van der Waals surface area contributed by atoms with Crippen molar-refractivity contribution in [2.24, 2.45) is 10.5 Å². The number of nitrogens with one attached hydrogen (secondary N) is 1. The van der Waals surface area contributed by atoms with Crippen LogP contribution in [0.1, 0.15) is 34.1 Å². The van der Waals surface area contributed by atoms with E-state index in [-0.39, 0.29) is 5.69 Å². The molecule has 0 aliphatic heterocycles. The van der Waals surface area contributed by atoms with Crippen LogP contribution in [0.25, 0.3) is 0 Å². The number of carboxylic acid groups (broad SMARTS) is 1. The molecule has 1 unspecified atom stereocenters. The van der Waals surface area contributed by atoms with Crippen molar-refractivity contribution in [1.82, 2.24) is 0 Å². The fourth-order valence-electron chi connectivity index (χ4n) is 3.47. The molecular formula is C21H24N4O7. The van der Waals surface area contributed by atoms with Gasteiger partial charge in [0, 0.05) is 17.6 Å². The van der Waals surface area contributed by atoms with Gasteiger partial charge in [-0.25, -0.2) is 4.79 Å². The number of rotatable bonds is 7. The Hall–Kier alpha value is -3.86. The highest BCUT2D eigenvalue weighted by molar-refractivity contribution is 5.98. The zero-order valence-electron chi connectivity index (χ0n) is 18.0. The lowest BCUT2D eigenvalue weighted by molar-refractivity contribution is -0.393. The third-order valence-corrected chi connectivity index (χ3v) is 5.29. The highest BCUT2D eigenvalue weighted by atomic mass is 16.6. The normalized spacial score (nSPS) is 22.0. The van der Waals surface area contributed by atoms with Gasteiger partial charge in [0.1, 0.15) is 11.3 Å². The molecule has 32 heavy (non-hydrogen) atoms. The first-order valence-electron chi connectivity index (χ1n) is 9.54. The number of non-ortho nitro benzene ring substituents is 1. The number of benzene rings is 1. The van der Waals surface area contributed by atoms with E-state index in [9.17, 15) is 30.1 Å². The number of aliphatic hydroxyl groups is 1. The van der Waals surface area contributed by atoms with Crippen LogP contribution in [-0.2, 0) is 4.79 Å². The van der Waals surface area contributed by atoms with E-state index in [4.69, 9.17) is 5.11 Å². The Bertz CT molecular complexity index is 1090. The Morgan fingerprint density at radius 2 is 1.91 bits per heavy atom. The van der Waals surface area contributed by atoms with Crippen LogP contribution in [0.4, 0.5) is 17.1 Å². The van der Waals surface area contributed by atoms with Gasteiger partial charge in [-0.2, -0.15) is 5.10 Å². The van der Waals surface area contributed by atoms with E-state index in [1.165, 1.54) is 12.1 Å². The van der Waals surface area contributed by atoms with Gasteiger partial charge in [0.25, 0.3) is 5.69 Å². The first-order chi connectivity index (χ1) is 14.8. The summed E-state index contributed by atoms with van der Waals surface area (Å²) in [5.41, 5.74) is 1.09. The van der Waals surface area contributed by atoms with E-state index in [1.54, 1.807) is 26.0 Å². The van der Waals surface area contributed by atoms with Crippen LogP contribution in [0, 0.1) is 25.6 Å². The maximum atomic E-state index is 11.3. The van der Waals surface area contributed by atoms with Gasteiger partial charge in [0.05, 0.1) is 21.6 Å². The largest absolute Gasteiger partial charge is 0.478 e. The van der Waals surface area contributed by atoms with Crippen molar-refractivity contribution in [3.63, 3.8) is 0 Å². The summed E-state index contributed by atoms with van der Waals surface area (Å²) < 4.78 is 0. The molecule has 2 rings (SSSR count). The molecule has 1 aliphatic carbocycles. The Kier molecular flexibility index (Phi) is 6.94. The van der Waals surface area contributed by atoms with Crippen LogP contribution in [-0.4, -0.2) is 37.3 Å². The lowest BCUT2D eigenvalue weighted by atomic mass is 9.64. The maximum Gasteiger partial charge on any atom is 0.328 e. The average molecular weight is 444 g/mol. The molecule has 0 amide bonds. The van der Waals surface area contributed by atoms with Crippen molar-refractivity contribution >= 4 is 28.7 Å². The molecule has 1 aliphatic rings. The number of anilines is 1. The number of nitro groups is 2. The Labute approximate surface area is 183 Å². The van der Waals surface area contributed by atoms with Crippen LogP contribution >= 0.6 is 0 Å². The van der Waals surface area contributed by atoms with Gasteiger partial charge >= 0.3 is 11.7 Å². The molecule has 1 aromatic rings. The number of hydrogen-bond acceptors (Lipinski definition) is 8. The molecule has 0 aromatic heterocycles. The smallest absolute Gasteiger partial charge is 0.328 e. The molecule has 0 bridgehead atoms. The minimum Gasteiger partial charge on any atom is -0.478 e. The average Bonchev–Trinajstić information content (AvgIpc) is 2.68. The second-order valence-electron chi connectivity index (χ2n) is 8.14. The van der Waals surface area contributed by atoms with Crippen LogP contribution in [0.3, 0.4) is 0 Å². The predicted molar refractivity (Wildman–Crippen MR) is 118 cm³/mol. The molecule has 0 spiro atoms.